The second-order valence-corrected chi connectivity index (χ2v) is 6.95. The molecular weight excluding hydrogens is 303 g/mol. The molecule has 0 fully saturated rings. The number of aromatic nitrogens is 2. The molecule has 1 N–H and O–H groups in total. The van der Waals surface area contributed by atoms with E-state index in [9.17, 15) is 12.8 Å². The van der Waals surface area contributed by atoms with E-state index in [0.29, 0.717) is 16.8 Å². The summed E-state index contributed by atoms with van der Waals surface area (Å²) in [6.45, 7) is 0. The van der Waals surface area contributed by atoms with Gasteiger partial charge in [0.15, 0.2) is 9.84 Å². The SMILES string of the molecule is CS(=O)(=O)c1ccc(-c2[nH]ncc2-c2ccccc2F)cc1. The molecule has 112 valence electrons. The fourth-order valence-electron chi connectivity index (χ4n) is 2.26. The number of hydrogen-bond acceptors (Lipinski definition) is 3. The highest BCUT2D eigenvalue weighted by Crippen LogP contribution is 2.31. The summed E-state index contributed by atoms with van der Waals surface area (Å²) in [6, 6.07) is 12.8. The van der Waals surface area contributed by atoms with Crippen molar-refractivity contribution in [2.24, 2.45) is 0 Å². The maximum atomic E-state index is 13.9. The van der Waals surface area contributed by atoms with Gasteiger partial charge in [-0.2, -0.15) is 5.10 Å². The fourth-order valence-corrected chi connectivity index (χ4v) is 2.89. The van der Waals surface area contributed by atoms with E-state index in [1.54, 1.807) is 36.5 Å². The third kappa shape index (κ3) is 2.65. The van der Waals surface area contributed by atoms with Gasteiger partial charge in [0.1, 0.15) is 5.82 Å². The second kappa shape index (κ2) is 5.38. The summed E-state index contributed by atoms with van der Waals surface area (Å²) in [6.07, 6.45) is 2.71. The van der Waals surface area contributed by atoms with Crippen molar-refractivity contribution in [2.75, 3.05) is 6.26 Å². The maximum absolute atomic E-state index is 13.9. The Balaban J connectivity index is 2.08. The summed E-state index contributed by atoms with van der Waals surface area (Å²) in [5.74, 6) is -0.335. The summed E-state index contributed by atoms with van der Waals surface area (Å²) in [7, 11) is -3.24. The van der Waals surface area contributed by atoms with Gasteiger partial charge in [-0.15, -0.1) is 0 Å². The van der Waals surface area contributed by atoms with Gasteiger partial charge in [0.05, 0.1) is 16.8 Å². The molecule has 0 saturated heterocycles. The molecule has 0 saturated carbocycles. The van der Waals surface area contributed by atoms with E-state index < -0.39 is 9.84 Å². The average molecular weight is 316 g/mol. The normalized spacial score (nSPS) is 11.5. The van der Waals surface area contributed by atoms with Gasteiger partial charge in [-0.3, -0.25) is 5.10 Å². The highest BCUT2D eigenvalue weighted by atomic mass is 32.2. The molecule has 0 atom stereocenters. The molecular formula is C16H13FN2O2S. The van der Waals surface area contributed by atoms with Crippen LogP contribution >= 0.6 is 0 Å². The van der Waals surface area contributed by atoms with E-state index >= 15 is 0 Å². The maximum Gasteiger partial charge on any atom is 0.175 e. The summed E-state index contributed by atoms with van der Waals surface area (Å²) >= 11 is 0. The molecule has 0 amide bonds. The number of nitrogens with zero attached hydrogens (tertiary/aromatic N) is 1. The van der Waals surface area contributed by atoms with Crippen LogP contribution < -0.4 is 0 Å². The Kier molecular flexibility index (Phi) is 3.54. The molecule has 6 heteroatoms. The van der Waals surface area contributed by atoms with E-state index in [1.807, 2.05) is 0 Å². The first kappa shape index (κ1) is 14.5. The van der Waals surface area contributed by atoms with Crippen LogP contribution in [0, 0.1) is 5.82 Å². The third-order valence-electron chi connectivity index (χ3n) is 3.37. The van der Waals surface area contributed by atoms with Crippen molar-refractivity contribution in [1.29, 1.82) is 0 Å². The molecule has 4 nitrogen and oxygen atoms in total. The van der Waals surface area contributed by atoms with Gasteiger partial charge in [0, 0.05) is 22.9 Å². The predicted octanol–water partition coefficient (Wildman–Crippen LogP) is 3.29. The van der Waals surface area contributed by atoms with Crippen LogP contribution in [0.2, 0.25) is 0 Å². The zero-order valence-corrected chi connectivity index (χ0v) is 12.6. The van der Waals surface area contributed by atoms with E-state index in [0.717, 1.165) is 11.8 Å². The Morgan fingerprint density at radius 2 is 1.68 bits per heavy atom. The lowest BCUT2D eigenvalue weighted by molar-refractivity contribution is 0.602. The van der Waals surface area contributed by atoms with Crippen molar-refractivity contribution in [2.45, 2.75) is 4.90 Å². The van der Waals surface area contributed by atoms with Crippen LogP contribution in [0.4, 0.5) is 4.39 Å². The number of benzene rings is 2. The quantitative estimate of drug-likeness (QED) is 0.806. The van der Waals surface area contributed by atoms with Crippen LogP contribution in [0.25, 0.3) is 22.4 Å². The Labute approximate surface area is 127 Å². The lowest BCUT2D eigenvalue weighted by Crippen LogP contribution is -1.96. The molecule has 3 rings (SSSR count). The lowest BCUT2D eigenvalue weighted by atomic mass is 10.0. The van der Waals surface area contributed by atoms with Crippen molar-refractivity contribution >= 4 is 9.84 Å². The van der Waals surface area contributed by atoms with Crippen molar-refractivity contribution < 1.29 is 12.8 Å². The Bertz CT molecular complexity index is 915. The van der Waals surface area contributed by atoms with Gasteiger partial charge in [0.2, 0.25) is 0 Å². The zero-order valence-electron chi connectivity index (χ0n) is 11.7. The fraction of sp³-hybridized carbons (Fsp3) is 0.0625. The minimum atomic E-state index is -3.24. The highest BCUT2D eigenvalue weighted by molar-refractivity contribution is 7.90. The molecule has 0 bridgehead atoms. The van der Waals surface area contributed by atoms with E-state index in [1.165, 1.54) is 18.2 Å². The topological polar surface area (TPSA) is 62.8 Å². The van der Waals surface area contributed by atoms with E-state index in [2.05, 4.69) is 10.2 Å². The summed E-state index contributed by atoms with van der Waals surface area (Å²) in [5, 5.41) is 6.82. The van der Waals surface area contributed by atoms with E-state index in [4.69, 9.17) is 0 Å². The zero-order chi connectivity index (χ0) is 15.7. The smallest absolute Gasteiger partial charge is 0.175 e. The largest absolute Gasteiger partial charge is 0.277 e. The summed E-state index contributed by atoms with van der Waals surface area (Å²) < 4.78 is 36.9. The summed E-state index contributed by atoms with van der Waals surface area (Å²) in [5.41, 5.74) is 2.46. The number of H-pyrrole nitrogens is 1. The number of aromatic amines is 1. The number of rotatable bonds is 3. The first-order valence-electron chi connectivity index (χ1n) is 6.55. The van der Waals surface area contributed by atoms with Crippen LogP contribution in [0.3, 0.4) is 0 Å². The van der Waals surface area contributed by atoms with E-state index in [-0.39, 0.29) is 10.7 Å². The van der Waals surface area contributed by atoms with Crippen molar-refractivity contribution in [3.8, 4) is 22.4 Å². The highest BCUT2D eigenvalue weighted by Gasteiger charge is 2.14. The molecule has 0 aliphatic heterocycles. The van der Waals surface area contributed by atoms with Crippen LogP contribution in [0.15, 0.2) is 59.6 Å². The minimum absolute atomic E-state index is 0.239. The standard InChI is InChI=1S/C16H13FN2O2S/c1-22(20,21)12-8-6-11(7-9-12)16-14(10-18-19-16)13-4-2-3-5-15(13)17/h2-10H,1H3,(H,18,19). The molecule has 1 aromatic heterocycles. The number of hydrogen-bond donors (Lipinski definition) is 1. The average Bonchev–Trinajstić information content (AvgIpc) is 2.96. The van der Waals surface area contributed by atoms with Crippen LogP contribution in [-0.4, -0.2) is 24.9 Å². The van der Waals surface area contributed by atoms with Crippen LogP contribution in [0.5, 0.6) is 0 Å². The molecule has 0 aliphatic rings. The van der Waals surface area contributed by atoms with Crippen molar-refractivity contribution in [3.05, 3.63) is 60.5 Å². The van der Waals surface area contributed by atoms with Gasteiger partial charge < -0.3 is 0 Å². The Hall–Kier alpha value is -2.47. The lowest BCUT2D eigenvalue weighted by Gasteiger charge is -2.06. The van der Waals surface area contributed by atoms with Gasteiger partial charge >= 0.3 is 0 Å². The first-order valence-corrected chi connectivity index (χ1v) is 8.45. The Morgan fingerprint density at radius 3 is 2.32 bits per heavy atom. The Morgan fingerprint density at radius 1 is 1.00 bits per heavy atom. The second-order valence-electron chi connectivity index (χ2n) is 4.94. The molecule has 22 heavy (non-hydrogen) atoms. The molecule has 2 aromatic carbocycles. The van der Waals surface area contributed by atoms with Gasteiger partial charge in [-0.1, -0.05) is 30.3 Å². The van der Waals surface area contributed by atoms with Gasteiger partial charge in [-0.25, -0.2) is 12.8 Å². The van der Waals surface area contributed by atoms with Gasteiger partial charge in [-0.05, 0) is 18.2 Å². The molecule has 1 heterocycles. The third-order valence-corrected chi connectivity index (χ3v) is 4.50. The summed E-state index contributed by atoms with van der Waals surface area (Å²) in [4.78, 5) is 0.239. The number of halogens is 1. The van der Waals surface area contributed by atoms with Gasteiger partial charge in [0.25, 0.3) is 0 Å². The monoisotopic (exact) mass is 316 g/mol. The van der Waals surface area contributed by atoms with Crippen molar-refractivity contribution in [1.82, 2.24) is 10.2 Å². The van der Waals surface area contributed by atoms with Crippen LogP contribution in [0.1, 0.15) is 0 Å². The molecule has 0 aliphatic carbocycles. The molecule has 0 unspecified atom stereocenters. The molecule has 0 spiro atoms. The molecule has 0 radical (unpaired) electrons. The molecule has 3 aromatic rings. The van der Waals surface area contributed by atoms with Crippen molar-refractivity contribution in [3.63, 3.8) is 0 Å². The number of sulfone groups is 1. The first-order chi connectivity index (χ1) is 10.5. The minimum Gasteiger partial charge on any atom is -0.277 e. The predicted molar refractivity (Wildman–Crippen MR) is 82.5 cm³/mol. The number of nitrogens with one attached hydrogen (secondary N) is 1. The van der Waals surface area contributed by atoms with Crippen LogP contribution in [-0.2, 0) is 9.84 Å².